The third-order valence-electron chi connectivity index (χ3n) is 4.52. The number of H-pyrrole nitrogens is 1. The van der Waals surface area contributed by atoms with Crippen molar-refractivity contribution in [2.75, 3.05) is 7.11 Å². The first-order valence-electron chi connectivity index (χ1n) is 8.15. The number of hydrogen-bond donors (Lipinski definition) is 2. The van der Waals surface area contributed by atoms with Crippen molar-refractivity contribution in [1.82, 2.24) is 10.3 Å². The zero-order chi connectivity index (χ0) is 16.2. The van der Waals surface area contributed by atoms with Gasteiger partial charge < -0.3 is 15.0 Å². The van der Waals surface area contributed by atoms with Gasteiger partial charge in [-0.05, 0) is 30.5 Å². The van der Waals surface area contributed by atoms with Gasteiger partial charge in [0.1, 0.15) is 5.75 Å². The first-order chi connectivity index (χ1) is 11.2. The predicted molar refractivity (Wildman–Crippen MR) is 88.6 cm³/mol. The monoisotopic (exact) mass is 314 g/mol. The second kappa shape index (κ2) is 6.86. The van der Waals surface area contributed by atoms with Gasteiger partial charge in [-0.15, -0.1) is 0 Å². The highest BCUT2D eigenvalue weighted by Gasteiger charge is 2.21. The molecule has 0 saturated heterocycles. The number of carbonyl (C=O) groups is 2. The molecule has 0 atom stereocenters. The lowest BCUT2D eigenvalue weighted by Crippen LogP contribution is -2.40. The molecule has 122 valence electrons. The lowest BCUT2D eigenvalue weighted by atomic mass is 9.95. The van der Waals surface area contributed by atoms with Crippen molar-refractivity contribution in [3.8, 4) is 5.75 Å². The highest BCUT2D eigenvalue weighted by Crippen LogP contribution is 2.23. The van der Waals surface area contributed by atoms with Gasteiger partial charge in [0.15, 0.2) is 0 Å². The zero-order valence-electron chi connectivity index (χ0n) is 13.4. The van der Waals surface area contributed by atoms with Gasteiger partial charge in [0.05, 0.1) is 7.11 Å². The lowest BCUT2D eigenvalue weighted by molar-refractivity contribution is -0.138. The van der Waals surface area contributed by atoms with Crippen molar-refractivity contribution < 1.29 is 14.3 Å². The minimum absolute atomic E-state index is 0.116. The van der Waals surface area contributed by atoms with E-state index in [9.17, 15) is 9.59 Å². The number of Topliss-reactive ketones (excluding diaryl/α,β-unsaturated/α-hetero) is 1. The fourth-order valence-electron chi connectivity index (χ4n) is 3.20. The first kappa shape index (κ1) is 15.6. The van der Waals surface area contributed by atoms with Gasteiger partial charge in [-0.3, -0.25) is 9.59 Å². The van der Waals surface area contributed by atoms with Crippen LogP contribution in [0.15, 0.2) is 24.4 Å². The molecule has 23 heavy (non-hydrogen) atoms. The Kier molecular flexibility index (Phi) is 4.65. The number of ketones is 1. The van der Waals surface area contributed by atoms with Crippen LogP contribution in [0.1, 0.15) is 37.7 Å². The average molecular weight is 314 g/mol. The van der Waals surface area contributed by atoms with E-state index in [1.807, 2.05) is 18.2 Å². The molecule has 2 N–H and O–H groups in total. The largest absolute Gasteiger partial charge is 0.497 e. The molecule has 0 aliphatic heterocycles. The number of rotatable bonds is 5. The van der Waals surface area contributed by atoms with E-state index >= 15 is 0 Å². The molecule has 3 rings (SSSR count). The summed E-state index contributed by atoms with van der Waals surface area (Å²) in [5, 5.41) is 3.83. The van der Waals surface area contributed by atoms with E-state index in [4.69, 9.17) is 4.74 Å². The summed E-state index contributed by atoms with van der Waals surface area (Å²) in [6.45, 7) is 0. The Bertz CT molecular complexity index is 714. The van der Waals surface area contributed by atoms with E-state index in [1.54, 1.807) is 13.3 Å². The van der Waals surface area contributed by atoms with Gasteiger partial charge in [-0.25, -0.2) is 0 Å². The van der Waals surface area contributed by atoms with E-state index in [1.165, 1.54) is 6.42 Å². The summed E-state index contributed by atoms with van der Waals surface area (Å²) >= 11 is 0. The Morgan fingerprint density at radius 3 is 2.78 bits per heavy atom. The molecule has 0 unspecified atom stereocenters. The molecule has 1 amide bonds. The van der Waals surface area contributed by atoms with Crippen LogP contribution in [0.2, 0.25) is 0 Å². The summed E-state index contributed by atoms with van der Waals surface area (Å²) in [5.41, 5.74) is 1.74. The van der Waals surface area contributed by atoms with Crippen molar-refractivity contribution in [2.24, 2.45) is 0 Å². The van der Waals surface area contributed by atoms with Crippen LogP contribution in [0.4, 0.5) is 0 Å². The Hall–Kier alpha value is -2.30. The molecule has 1 aromatic heterocycles. The molecule has 1 aliphatic rings. The van der Waals surface area contributed by atoms with E-state index < -0.39 is 5.91 Å². The quantitative estimate of drug-likeness (QED) is 0.834. The lowest BCUT2D eigenvalue weighted by Gasteiger charge is -2.22. The number of nitrogens with one attached hydrogen (secondary N) is 2. The smallest absolute Gasteiger partial charge is 0.287 e. The highest BCUT2D eigenvalue weighted by atomic mass is 16.5. The molecular formula is C18H22N2O3. The normalized spacial score (nSPS) is 15.5. The molecule has 5 nitrogen and oxygen atoms in total. The molecule has 0 radical (unpaired) electrons. The molecule has 1 aliphatic carbocycles. The molecule has 5 heteroatoms. The maximum absolute atomic E-state index is 12.2. The molecule has 1 heterocycles. The fraction of sp³-hybridized carbons (Fsp3) is 0.444. The van der Waals surface area contributed by atoms with Crippen molar-refractivity contribution in [3.63, 3.8) is 0 Å². The molecule has 1 saturated carbocycles. The summed E-state index contributed by atoms with van der Waals surface area (Å²) < 4.78 is 5.18. The number of ether oxygens (including phenoxy) is 1. The molecule has 0 spiro atoms. The Balaban J connectivity index is 1.66. The van der Waals surface area contributed by atoms with Crippen LogP contribution in [-0.4, -0.2) is 29.8 Å². The van der Waals surface area contributed by atoms with E-state index in [0.717, 1.165) is 47.9 Å². The van der Waals surface area contributed by atoms with Gasteiger partial charge >= 0.3 is 0 Å². The van der Waals surface area contributed by atoms with Crippen molar-refractivity contribution in [3.05, 3.63) is 30.0 Å². The van der Waals surface area contributed by atoms with Crippen LogP contribution < -0.4 is 10.1 Å². The Morgan fingerprint density at radius 2 is 2.04 bits per heavy atom. The zero-order valence-corrected chi connectivity index (χ0v) is 13.4. The van der Waals surface area contributed by atoms with E-state index in [-0.39, 0.29) is 18.2 Å². The second-order valence-electron chi connectivity index (χ2n) is 6.13. The molecule has 1 fully saturated rings. The molecule has 2 aromatic rings. The number of fused-ring (bicyclic) bond motifs is 1. The van der Waals surface area contributed by atoms with Crippen LogP contribution >= 0.6 is 0 Å². The minimum atomic E-state index is -0.459. The maximum atomic E-state index is 12.2. The number of carbonyl (C=O) groups excluding carboxylic acids is 2. The number of aromatic nitrogens is 1. The molecular weight excluding hydrogens is 292 g/mol. The van der Waals surface area contributed by atoms with Crippen LogP contribution in [0.25, 0.3) is 10.9 Å². The summed E-state index contributed by atoms with van der Waals surface area (Å²) in [5.74, 6) is -0.0840. The number of amides is 1. The van der Waals surface area contributed by atoms with Gasteiger partial charge in [0, 0.05) is 35.6 Å². The maximum Gasteiger partial charge on any atom is 0.287 e. The van der Waals surface area contributed by atoms with Crippen molar-refractivity contribution >= 4 is 22.6 Å². The predicted octanol–water partition coefficient (Wildman–Crippen LogP) is 2.74. The van der Waals surface area contributed by atoms with Crippen LogP contribution in [0.5, 0.6) is 5.75 Å². The third-order valence-corrected chi connectivity index (χ3v) is 4.52. The van der Waals surface area contributed by atoms with Crippen LogP contribution in [0.3, 0.4) is 0 Å². The van der Waals surface area contributed by atoms with Gasteiger partial charge in [-0.1, -0.05) is 19.3 Å². The molecule has 0 bridgehead atoms. The topological polar surface area (TPSA) is 71.2 Å². The van der Waals surface area contributed by atoms with E-state index in [2.05, 4.69) is 10.3 Å². The van der Waals surface area contributed by atoms with Crippen molar-refractivity contribution in [1.29, 1.82) is 0 Å². The van der Waals surface area contributed by atoms with Crippen LogP contribution in [0, 0.1) is 0 Å². The summed E-state index contributed by atoms with van der Waals surface area (Å²) in [4.78, 5) is 27.4. The SMILES string of the molecule is COc1ccc2c(CC(=O)C(=O)NC3CCCCC3)c[nH]c2c1. The number of methoxy groups -OCH3 is 1. The van der Waals surface area contributed by atoms with Gasteiger partial charge in [-0.2, -0.15) is 0 Å². The third kappa shape index (κ3) is 3.55. The second-order valence-corrected chi connectivity index (χ2v) is 6.13. The standard InChI is InChI=1S/C18H22N2O3/c1-23-14-7-8-15-12(11-19-16(15)10-14)9-17(21)18(22)20-13-5-3-2-4-6-13/h7-8,10-11,13,19H,2-6,9H2,1H3,(H,20,22). The fourth-order valence-corrected chi connectivity index (χ4v) is 3.20. The summed E-state index contributed by atoms with van der Waals surface area (Å²) in [6.07, 6.45) is 7.34. The van der Waals surface area contributed by atoms with Crippen LogP contribution in [-0.2, 0) is 16.0 Å². The number of aromatic amines is 1. The number of benzene rings is 1. The van der Waals surface area contributed by atoms with Gasteiger partial charge in [0.25, 0.3) is 5.91 Å². The Labute approximate surface area is 135 Å². The molecule has 1 aromatic carbocycles. The minimum Gasteiger partial charge on any atom is -0.497 e. The van der Waals surface area contributed by atoms with Gasteiger partial charge in [0.2, 0.25) is 5.78 Å². The number of hydrogen-bond acceptors (Lipinski definition) is 3. The Morgan fingerprint density at radius 1 is 1.26 bits per heavy atom. The van der Waals surface area contributed by atoms with E-state index in [0.29, 0.717) is 0 Å². The van der Waals surface area contributed by atoms with Crippen molar-refractivity contribution in [2.45, 2.75) is 44.6 Å². The average Bonchev–Trinajstić information content (AvgIpc) is 2.97. The summed E-state index contributed by atoms with van der Waals surface area (Å²) in [6, 6.07) is 5.80. The summed E-state index contributed by atoms with van der Waals surface area (Å²) in [7, 11) is 1.62. The first-order valence-corrected chi connectivity index (χ1v) is 8.15. The highest BCUT2D eigenvalue weighted by molar-refractivity contribution is 6.36.